The van der Waals surface area contributed by atoms with E-state index in [1.165, 1.54) is 0 Å². The van der Waals surface area contributed by atoms with E-state index in [1.807, 2.05) is 47.2 Å². The molecule has 1 aromatic heterocycles. The zero-order chi connectivity index (χ0) is 14.7. The van der Waals surface area contributed by atoms with E-state index in [4.69, 9.17) is 0 Å². The lowest BCUT2D eigenvalue weighted by atomic mass is 9.82. The first kappa shape index (κ1) is 13.8. The van der Waals surface area contributed by atoms with E-state index in [0.717, 1.165) is 30.5 Å². The highest BCUT2D eigenvalue weighted by Gasteiger charge is 2.38. The third-order valence-corrected chi connectivity index (χ3v) is 3.98. The Morgan fingerprint density at radius 2 is 2.05 bits per heavy atom. The van der Waals surface area contributed by atoms with Gasteiger partial charge in [-0.25, -0.2) is 4.98 Å². The van der Waals surface area contributed by atoms with Crippen molar-refractivity contribution in [1.29, 1.82) is 0 Å². The van der Waals surface area contributed by atoms with Crippen molar-refractivity contribution in [3.63, 3.8) is 0 Å². The first-order valence-corrected chi connectivity index (χ1v) is 7.43. The molecule has 0 saturated carbocycles. The lowest BCUT2D eigenvalue weighted by Crippen LogP contribution is -2.33. The number of hydrogen-bond acceptors (Lipinski definition) is 2. The SMILES string of the molecule is CCn1ccnc1C(O)(C1=CCCC=C1)c1ccccc1. The normalized spacial score (nSPS) is 17.3. The number of benzene rings is 1. The molecule has 0 radical (unpaired) electrons. The van der Waals surface area contributed by atoms with E-state index in [-0.39, 0.29) is 0 Å². The lowest BCUT2D eigenvalue weighted by Gasteiger charge is -2.31. The Labute approximate surface area is 125 Å². The minimum absolute atomic E-state index is 0.675. The van der Waals surface area contributed by atoms with Gasteiger partial charge in [0.15, 0.2) is 5.60 Å². The van der Waals surface area contributed by atoms with Gasteiger partial charge in [-0.05, 0) is 30.9 Å². The van der Waals surface area contributed by atoms with Crippen molar-refractivity contribution in [1.82, 2.24) is 9.55 Å². The number of rotatable bonds is 4. The number of hydrogen-bond donors (Lipinski definition) is 1. The Kier molecular flexibility index (Phi) is 3.76. The Morgan fingerprint density at radius 1 is 1.24 bits per heavy atom. The number of imidazole rings is 1. The maximum atomic E-state index is 11.6. The molecule has 1 heterocycles. The van der Waals surface area contributed by atoms with Crippen molar-refractivity contribution in [2.75, 3.05) is 0 Å². The van der Waals surface area contributed by atoms with Crippen LogP contribution >= 0.6 is 0 Å². The van der Waals surface area contributed by atoms with E-state index in [1.54, 1.807) is 6.20 Å². The predicted molar refractivity (Wildman–Crippen MR) is 83.8 cm³/mol. The van der Waals surface area contributed by atoms with E-state index >= 15 is 0 Å². The molecular formula is C18H20N2O. The summed E-state index contributed by atoms with van der Waals surface area (Å²) in [5.74, 6) is 0.675. The maximum Gasteiger partial charge on any atom is 0.172 e. The van der Waals surface area contributed by atoms with Crippen LogP contribution in [-0.2, 0) is 12.1 Å². The fourth-order valence-electron chi connectivity index (χ4n) is 2.87. The van der Waals surface area contributed by atoms with Gasteiger partial charge < -0.3 is 9.67 Å². The van der Waals surface area contributed by atoms with Crippen LogP contribution < -0.4 is 0 Å². The van der Waals surface area contributed by atoms with Crippen LogP contribution in [0.5, 0.6) is 0 Å². The second-order valence-electron chi connectivity index (χ2n) is 5.25. The van der Waals surface area contributed by atoms with Crippen LogP contribution in [0.25, 0.3) is 0 Å². The summed E-state index contributed by atoms with van der Waals surface area (Å²) in [6.07, 6.45) is 11.9. The van der Waals surface area contributed by atoms with Crippen LogP contribution in [0.4, 0.5) is 0 Å². The average molecular weight is 280 g/mol. The Hall–Kier alpha value is -2.13. The molecular weight excluding hydrogens is 260 g/mol. The molecule has 3 heteroatoms. The van der Waals surface area contributed by atoms with Gasteiger partial charge in [-0.15, -0.1) is 0 Å². The zero-order valence-corrected chi connectivity index (χ0v) is 12.2. The highest BCUT2D eigenvalue weighted by molar-refractivity contribution is 5.46. The number of aromatic nitrogens is 2. The summed E-state index contributed by atoms with van der Waals surface area (Å²) >= 11 is 0. The summed E-state index contributed by atoms with van der Waals surface area (Å²) < 4.78 is 2.00. The highest BCUT2D eigenvalue weighted by atomic mass is 16.3. The summed E-state index contributed by atoms with van der Waals surface area (Å²) in [4.78, 5) is 4.45. The standard InChI is InChI=1S/C18H20N2O/c1-2-20-14-13-19-17(20)18(21,15-9-5-3-6-10-15)16-11-7-4-8-12-16/h3,5-7,9-14,21H,2,4,8H2,1H3. The van der Waals surface area contributed by atoms with Gasteiger partial charge in [0.25, 0.3) is 0 Å². The van der Waals surface area contributed by atoms with Gasteiger partial charge in [-0.1, -0.05) is 48.6 Å². The van der Waals surface area contributed by atoms with Gasteiger partial charge in [-0.3, -0.25) is 0 Å². The van der Waals surface area contributed by atoms with Crippen LogP contribution in [0, 0.1) is 0 Å². The van der Waals surface area contributed by atoms with Crippen molar-refractivity contribution in [3.8, 4) is 0 Å². The van der Waals surface area contributed by atoms with Gasteiger partial charge in [0.05, 0.1) is 0 Å². The molecule has 1 aliphatic carbocycles. The molecule has 1 N–H and O–H groups in total. The Bertz CT molecular complexity index is 670. The fourth-order valence-corrected chi connectivity index (χ4v) is 2.87. The number of nitrogens with zero attached hydrogens (tertiary/aromatic N) is 2. The molecule has 0 aliphatic heterocycles. The average Bonchev–Trinajstić information content (AvgIpc) is 3.05. The van der Waals surface area contributed by atoms with E-state index in [9.17, 15) is 5.11 Å². The quantitative estimate of drug-likeness (QED) is 0.932. The molecule has 0 saturated heterocycles. The molecule has 21 heavy (non-hydrogen) atoms. The van der Waals surface area contributed by atoms with E-state index in [0.29, 0.717) is 5.82 Å². The largest absolute Gasteiger partial charge is 0.373 e. The molecule has 0 amide bonds. The molecule has 1 atom stereocenters. The second-order valence-corrected chi connectivity index (χ2v) is 5.25. The van der Waals surface area contributed by atoms with Crippen molar-refractivity contribution in [2.45, 2.75) is 31.9 Å². The van der Waals surface area contributed by atoms with Crippen LogP contribution in [0.3, 0.4) is 0 Å². The monoisotopic (exact) mass is 280 g/mol. The summed E-state index contributed by atoms with van der Waals surface area (Å²) in [7, 11) is 0. The van der Waals surface area contributed by atoms with Crippen LogP contribution in [0.15, 0.2) is 66.5 Å². The Balaban J connectivity index is 2.20. The smallest absolute Gasteiger partial charge is 0.172 e. The molecule has 1 aromatic carbocycles. The summed E-state index contributed by atoms with van der Waals surface area (Å²) in [5.41, 5.74) is 0.557. The van der Waals surface area contributed by atoms with Crippen molar-refractivity contribution >= 4 is 0 Å². The summed E-state index contributed by atoms with van der Waals surface area (Å²) in [5, 5.41) is 11.6. The Morgan fingerprint density at radius 3 is 2.71 bits per heavy atom. The topological polar surface area (TPSA) is 38.0 Å². The molecule has 1 unspecified atom stereocenters. The van der Waals surface area contributed by atoms with Gasteiger partial charge in [-0.2, -0.15) is 0 Å². The number of aryl methyl sites for hydroxylation is 1. The van der Waals surface area contributed by atoms with Crippen molar-refractivity contribution in [3.05, 3.63) is 77.9 Å². The minimum atomic E-state index is -1.20. The molecule has 0 fully saturated rings. The zero-order valence-electron chi connectivity index (χ0n) is 12.2. The predicted octanol–water partition coefficient (Wildman–Crippen LogP) is 3.42. The highest BCUT2D eigenvalue weighted by Crippen LogP contribution is 2.37. The second kappa shape index (κ2) is 5.70. The number of allylic oxidation sites excluding steroid dienone is 2. The van der Waals surface area contributed by atoms with Gasteiger partial charge >= 0.3 is 0 Å². The third kappa shape index (κ3) is 2.34. The lowest BCUT2D eigenvalue weighted by molar-refractivity contribution is 0.110. The molecule has 0 spiro atoms. The van der Waals surface area contributed by atoms with E-state index in [2.05, 4.69) is 24.1 Å². The molecule has 3 nitrogen and oxygen atoms in total. The van der Waals surface area contributed by atoms with Gasteiger partial charge in [0.2, 0.25) is 0 Å². The number of aliphatic hydroxyl groups is 1. The minimum Gasteiger partial charge on any atom is -0.373 e. The van der Waals surface area contributed by atoms with Crippen molar-refractivity contribution < 1.29 is 5.11 Å². The van der Waals surface area contributed by atoms with Crippen LogP contribution in [0.1, 0.15) is 31.2 Å². The molecule has 3 rings (SSSR count). The summed E-state index contributed by atoms with van der Waals surface area (Å²) in [6, 6.07) is 9.77. The van der Waals surface area contributed by atoms with Crippen molar-refractivity contribution in [2.24, 2.45) is 0 Å². The van der Waals surface area contributed by atoms with Gasteiger partial charge in [0, 0.05) is 18.9 Å². The molecule has 2 aromatic rings. The van der Waals surface area contributed by atoms with E-state index < -0.39 is 5.60 Å². The maximum absolute atomic E-state index is 11.6. The molecule has 0 bridgehead atoms. The van der Waals surface area contributed by atoms with Crippen LogP contribution in [-0.4, -0.2) is 14.7 Å². The summed E-state index contributed by atoms with van der Waals surface area (Å²) in [6.45, 7) is 2.84. The fraction of sp³-hybridized carbons (Fsp3) is 0.278. The first-order chi connectivity index (χ1) is 10.3. The molecule has 1 aliphatic rings. The first-order valence-electron chi connectivity index (χ1n) is 7.43. The third-order valence-electron chi connectivity index (χ3n) is 3.98. The van der Waals surface area contributed by atoms with Crippen LogP contribution in [0.2, 0.25) is 0 Å². The molecule has 108 valence electrons. The van der Waals surface area contributed by atoms with Gasteiger partial charge in [0.1, 0.15) is 5.82 Å².